The number of nitrogens with one attached hydrogen (secondary N) is 1. The van der Waals surface area contributed by atoms with E-state index >= 15 is 0 Å². The van der Waals surface area contributed by atoms with E-state index < -0.39 is 0 Å². The van der Waals surface area contributed by atoms with Gasteiger partial charge in [0.2, 0.25) is 12.7 Å². The lowest BCUT2D eigenvalue weighted by molar-refractivity contribution is -0.121. The molecule has 0 spiro atoms. The molecule has 0 bridgehead atoms. The normalized spacial score (nSPS) is 13.6. The monoisotopic (exact) mass is 344 g/mol. The van der Waals surface area contributed by atoms with Crippen LogP contribution in [0.5, 0.6) is 11.5 Å². The SMILES string of the molecule is CNCC(C)C(=O)N(Cc1ccc2c(c1)OCO2)c1ccc(F)cc1. The molecule has 6 heteroatoms. The topological polar surface area (TPSA) is 50.8 Å². The minimum Gasteiger partial charge on any atom is -0.454 e. The number of ether oxygens (including phenoxy) is 2. The molecule has 1 atom stereocenters. The zero-order chi connectivity index (χ0) is 17.8. The molecule has 0 saturated heterocycles. The maximum Gasteiger partial charge on any atom is 0.231 e. The summed E-state index contributed by atoms with van der Waals surface area (Å²) in [4.78, 5) is 14.6. The maximum absolute atomic E-state index is 13.3. The van der Waals surface area contributed by atoms with Crippen molar-refractivity contribution in [3.63, 3.8) is 0 Å². The van der Waals surface area contributed by atoms with Crippen molar-refractivity contribution in [3.8, 4) is 11.5 Å². The van der Waals surface area contributed by atoms with E-state index in [9.17, 15) is 9.18 Å². The highest BCUT2D eigenvalue weighted by molar-refractivity contribution is 5.94. The average Bonchev–Trinajstić information content (AvgIpc) is 3.08. The first-order chi connectivity index (χ1) is 12.1. The van der Waals surface area contributed by atoms with Crippen molar-refractivity contribution in [1.82, 2.24) is 5.32 Å². The van der Waals surface area contributed by atoms with Gasteiger partial charge in [0.15, 0.2) is 11.5 Å². The van der Waals surface area contributed by atoms with Crippen LogP contribution in [0.1, 0.15) is 12.5 Å². The fourth-order valence-electron chi connectivity index (χ4n) is 2.80. The molecule has 0 radical (unpaired) electrons. The Morgan fingerprint density at radius 1 is 1.20 bits per heavy atom. The maximum atomic E-state index is 13.3. The van der Waals surface area contributed by atoms with Crippen molar-refractivity contribution >= 4 is 11.6 Å². The van der Waals surface area contributed by atoms with Crippen molar-refractivity contribution in [2.75, 3.05) is 25.3 Å². The minimum absolute atomic E-state index is 0.0291. The van der Waals surface area contributed by atoms with Crippen molar-refractivity contribution in [2.45, 2.75) is 13.5 Å². The average molecular weight is 344 g/mol. The zero-order valence-electron chi connectivity index (χ0n) is 14.3. The first-order valence-electron chi connectivity index (χ1n) is 8.18. The van der Waals surface area contributed by atoms with Gasteiger partial charge in [0, 0.05) is 18.2 Å². The molecule has 1 aliphatic heterocycles. The van der Waals surface area contributed by atoms with Crippen LogP contribution in [-0.4, -0.2) is 26.3 Å². The fraction of sp³-hybridized carbons (Fsp3) is 0.316. The summed E-state index contributed by atoms with van der Waals surface area (Å²) in [5, 5.41) is 3.02. The second-order valence-electron chi connectivity index (χ2n) is 6.05. The third-order valence-corrected chi connectivity index (χ3v) is 4.11. The van der Waals surface area contributed by atoms with E-state index in [0.717, 1.165) is 5.56 Å². The standard InChI is InChI=1S/C19H21FN2O3/c1-13(10-21-2)19(23)22(16-6-4-15(20)5-7-16)11-14-3-8-17-18(9-14)25-12-24-17/h3-9,13,21H,10-12H2,1-2H3. The molecular weight excluding hydrogens is 323 g/mol. The molecule has 1 heterocycles. The molecule has 2 aromatic rings. The predicted molar refractivity (Wildman–Crippen MR) is 93.2 cm³/mol. The third-order valence-electron chi connectivity index (χ3n) is 4.11. The summed E-state index contributed by atoms with van der Waals surface area (Å²) in [5.41, 5.74) is 1.57. The number of carbonyl (C=O) groups is 1. The molecule has 0 aliphatic carbocycles. The molecular formula is C19H21FN2O3. The Labute approximate surface area is 146 Å². The highest BCUT2D eigenvalue weighted by Crippen LogP contribution is 2.33. The van der Waals surface area contributed by atoms with Gasteiger partial charge in [-0.1, -0.05) is 13.0 Å². The van der Waals surface area contributed by atoms with Crippen molar-refractivity contribution in [1.29, 1.82) is 0 Å². The number of carbonyl (C=O) groups excluding carboxylic acids is 1. The van der Waals surface area contributed by atoms with Gasteiger partial charge in [0.1, 0.15) is 5.82 Å². The van der Waals surface area contributed by atoms with Gasteiger partial charge < -0.3 is 19.7 Å². The Kier molecular flexibility index (Phi) is 5.19. The molecule has 1 aliphatic rings. The summed E-state index contributed by atoms with van der Waals surface area (Å²) in [6.45, 7) is 3.01. The van der Waals surface area contributed by atoms with Crippen LogP contribution in [0.4, 0.5) is 10.1 Å². The summed E-state index contributed by atoms with van der Waals surface area (Å²) in [6.07, 6.45) is 0. The van der Waals surface area contributed by atoms with Gasteiger partial charge in [0.25, 0.3) is 0 Å². The molecule has 1 unspecified atom stereocenters. The Hall–Kier alpha value is -2.60. The molecule has 25 heavy (non-hydrogen) atoms. The van der Waals surface area contributed by atoms with E-state index in [-0.39, 0.29) is 24.4 Å². The molecule has 2 aromatic carbocycles. The summed E-state index contributed by atoms with van der Waals surface area (Å²) in [6, 6.07) is 11.6. The van der Waals surface area contributed by atoms with E-state index in [1.54, 1.807) is 17.0 Å². The first kappa shape index (κ1) is 17.2. The van der Waals surface area contributed by atoms with Crippen LogP contribution in [0.2, 0.25) is 0 Å². The largest absolute Gasteiger partial charge is 0.454 e. The van der Waals surface area contributed by atoms with Crippen LogP contribution in [-0.2, 0) is 11.3 Å². The lowest BCUT2D eigenvalue weighted by Crippen LogP contribution is -2.38. The van der Waals surface area contributed by atoms with E-state index in [4.69, 9.17) is 9.47 Å². The summed E-state index contributed by atoms with van der Waals surface area (Å²) in [5.74, 6) is 0.810. The van der Waals surface area contributed by atoms with Crippen molar-refractivity contribution < 1.29 is 18.7 Å². The Bertz CT molecular complexity index is 749. The van der Waals surface area contributed by atoms with Crippen LogP contribution in [0.25, 0.3) is 0 Å². The molecule has 0 saturated carbocycles. The van der Waals surface area contributed by atoms with Gasteiger partial charge in [0.05, 0.1) is 6.54 Å². The second-order valence-corrected chi connectivity index (χ2v) is 6.05. The van der Waals surface area contributed by atoms with Crippen LogP contribution < -0.4 is 19.7 Å². The molecule has 1 N–H and O–H groups in total. The quantitative estimate of drug-likeness (QED) is 0.875. The Morgan fingerprint density at radius 3 is 2.64 bits per heavy atom. The number of fused-ring (bicyclic) bond motifs is 1. The number of amides is 1. The van der Waals surface area contributed by atoms with Crippen LogP contribution in [0.15, 0.2) is 42.5 Å². The number of hydrogen-bond donors (Lipinski definition) is 1. The smallest absolute Gasteiger partial charge is 0.231 e. The van der Waals surface area contributed by atoms with Gasteiger partial charge in [-0.2, -0.15) is 0 Å². The molecule has 3 rings (SSSR count). The number of halogens is 1. The number of rotatable bonds is 6. The lowest BCUT2D eigenvalue weighted by Gasteiger charge is -2.26. The number of benzene rings is 2. The number of nitrogens with zero attached hydrogens (tertiary/aromatic N) is 1. The molecule has 5 nitrogen and oxygen atoms in total. The first-order valence-corrected chi connectivity index (χ1v) is 8.18. The molecule has 0 aromatic heterocycles. The van der Waals surface area contributed by atoms with Crippen LogP contribution in [0.3, 0.4) is 0 Å². The fourth-order valence-corrected chi connectivity index (χ4v) is 2.80. The van der Waals surface area contributed by atoms with Crippen molar-refractivity contribution in [3.05, 3.63) is 53.8 Å². The van der Waals surface area contributed by atoms with Gasteiger partial charge in [-0.15, -0.1) is 0 Å². The summed E-state index contributed by atoms with van der Waals surface area (Å²) < 4.78 is 24.0. The van der Waals surface area contributed by atoms with Crippen LogP contribution in [0, 0.1) is 11.7 Å². The molecule has 132 valence electrons. The predicted octanol–water partition coefficient (Wildman–Crippen LogP) is 2.94. The van der Waals surface area contributed by atoms with Crippen molar-refractivity contribution in [2.24, 2.45) is 5.92 Å². The lowest BCUT2D eigenvalue weighted by atomic mass is 10.1. The van der Waals surface area contributed by atoms with Crippen LogP contribution >= 0.6 is 0 Å². The summed E-state index contributed by atoms with van der Waals surface area (Å²) in [7, 11) is 1.81. The number of anilines is 1. The highest BCUT2D eigenvalue weighted by Gasteiger charge is 2.23. The van der Waals surface area contributed by atoms with Gasteiger partial charge in [-0.25, -0.2) is 4.39 Å². The summed E-state index contributed by atoms with van der Waals surface area (Å²) >= 11 is 0. The van der Waals surface area contributed by atoms with E-state index in [2.05, 4.69) is 5.32 Å². The zero-order valence-corrected chi connectivity index (χ0v) is 14.3. The van der Waals surface area contributed by atoms with Gasteiger partial charge in [-0.3, -0.25) is 4.79 Å². The highest BCUT2D eigenvalue weighted by atomic mass is 19.1. The Balaban J connectivity index is 1.87. The minimum atomic E-state index is -0.331. The molecule has 1 amide bonds. The van der Waals surface area contributed by atoms with E-state index in [1.165, 1.54) is 12.1 Å². The van der Waals surface area contributed by atoms with Gasteiger partial charge >= 0.3 is 0 Å². The van der Waals surface area contributed by atoms with Gasteiger partial charge in [-0.05, 0) is 49.0 Å². The number of hydrogen-bond acceptors (Lipinski definition) is 4. The van der Waals surface area contributed by atoms with E-state index in [1.807, 2.05) is 32.2 Å². The molecule has 0 fully saturated rings. The second kappa shape index (κ2) is 7.53. The van der Waals surface area contributed by atoms with E-state index in [0.29, 0.717) is 30.3 Å². The third kappa shape index (κ3) is 3.91. The Morgan fingerprint density at radius 2 is 1.92 bits per heavy atom.